The fraction of sp³-hybridized carbons (Fsp3) is 0. The quantitative estimate of drug-likeness (QED) is 0.480. The lowest BCUT2D eigenvalue weighted by Gasteiger charge is -1.49. The van der Waals surface area contributed by atoms with Gasteiger partial charge in [0, 0.05) is 12.4 Å². The normalized spacial score (nSPS) is 8.00. The lowest BCUT2D eigenvalue weighted by molar-refractivity contribution is 0.940. The van der Waals surface area contributed by atoms with Crippen LogP contribution < -0.4 is 0 Å². The summed E-state index contributed by atoms with van der Waals surface area (Å²) in [5.41, 5.74) is 0. The molecule has 0 spiro atoms. The molecule has 0 aliphatic heterocycles. The molecule has 78 valence electrons. The molecule has 0 aliphatic carbocycles. The predicted molar refractivity (Wildman–Crippen MR) is 51.4 cm³/mol. The molecule has 0 unspecified atom stereocenters. The van der Waals surface area contributed by atoms with Crippen LogP contribution in [0.25, 0.3) is 0 Å². The number of nitrogens with zero attached hydrogens (tertiary/aromatic N) is 5. The number of aromatic amines is 3. The molecular formula is C7H10N8. The van der Waals surface area contributed by atoms with E-state index in [1.54, 1.807) is 24.8 Å². The molecule has 8 nitrogen and oxygen atoms in total. The Morgan fingerprint density at radius 1 is 0.800 bits per heavy atom. The van der Waals surface area contributed by atoms with Crippen LogP contribution in [-0.2, 0) is 0 Å². The maximum absolute atomic E-state index is 3.60. The van der Waals surface area contributed by atoms with Gasteiger partial charge < -0.3 is 0 Å². The van der Waals surface area contributed by atoms with Gasteiger partial charge in [-0.25, -0.2) is 4.98 Å². The Morgan fingerprint density at radius 2 is 1.67 bits per heavy atom. The number of hydrogen-bond donors (Lipinski definition) is 3. The molecule has 0 aromatic carbocycles. The lowest BCUT2D eigenvalue weighted by Crippen LogP contribution is -1.61. The minimum atomic E-state index is 1.44. The van der Waals surface area contributed by atoms with Crippen molar-refractivity contribution >= 4 is 0 Å². The number of aromatic nitrogens is 8. The van der Waals surface area contributed by atoms with E-state index in [1.807, 2.05) is 6.07 Å². The van der Waals surface area contributed by atoms with Gasteiger partial charge in [-0.3, -0.25) is 10.2 Å². The van der Waals surface area contributed by atoms with Crippen LogP contribution in [0.3, 0.4) is 0 Å². The summed E-state index contributed by atoms with van der Waals surface area (Å²) in [5, 5.41) is 21.5. The van der Waals surface area contributed by atoms with E-state index in [1.165, 1.54) is 12.7 Å². The minimum absolute atomic E-state index is 1.44. The topological polar surface area (TPSA) is 112 Å². The van der Waals surface area contributed by atoms with Crippen molar-refractivity contribution in [2.45, 2.75) is 0 Å². The van der Waals surface area contributed by atoms with Gasteiger partial charge in [-0.1, -0.05) is 0 Å². The molecule has 0 saturated carbocycles. The molecule has 0 amide bonds. The largest absolute Gasteiger partial charge is 0.286 e. The van der Waals surface area contributed by atoms with Gasteiger partial charge in [-0.2, -0.15) is 25.6 Å². The fourth-order valence-corrected chi connectivity index (χ4v) is 0.548. The van der Waals surface area contributed by atoms with E-state index in [4.69, 9.17) is 0 Å². The van der Waals surface area contributed by atoms with Crippen molar-refractivity contribution in [3.05, 3.63) is 43.5 Å². The minimum Gasteiger partial charge on any atom is -0.286 e. The molecule has 0 aliphatic rings. The van der Waals surface area contributed by atoms with Crippen LogP contribution in [0.1, 0.15) is 0 Å². The molecule has 15 heavy (non-hydrogen) atoms. The molecule has 0 fully saturated rings. The average molecular weight is 206 g/mol. The molecule has 0 saturated heterocycles. The van der Waals surface area contributed by atoms with Crippen LogP contribution in [0, 0.1) is 0 Å². The first-order valence-corrected chi connectivity index (χ1v) is 4.02. The zero-order valence-electron chi connectivity index (χ0n) is 7.78. The van der Waals surface area contributed by atoms with Crippen molar-refractivity contribution < 1.29 is 0 Å². The second kappa shape index (κ2) is 8.10. The summed E-state index contributed by atoms with van der Waals surface area (Å²) >= 11 is 0. The van der Waals surface area contributed by atoms with Gasteiger partial charge in [0.05, 0.1) is 12.4 Å². The van der Waals surface area contributed by atoms with Gasteiger partial charge >= 0.3 is 0 Å². The average Bonchev–Trinajstić information content (AvgIpc) is 3.09. The SMILES string of the molecule is c1cn[nH]c1.c1cn[nH]n1.c1nc[nH]n1. The first-order valence-electron chi connectivity index (χ1n) is 4.02. The van der Waals surface area contributed by atoms with Gasteiger partial charge in [0.2, 0.25) is 0 Å². The van der Waals surface area contributed by atoms with E-state index in [-0.39, 0.29) is 0 Å². The molecule has 0 radical (unpaired) electrons. The van der Waals surface area contributed by atoms with Crippen molar-refractivity contribution in [3.8, 4) is 0 Å². The summed E-state index contributed by atoms with van der Waals surface area (Å²) in [7, 11) is 0. The maximum Gasteiger partial charge on any atom is 0.137 e. The Balaban J connectivity index is 0.000000112. The second-order valence-electron chi connectivity index (χ2n) is 2.07. The molecule has 3 aromatic rings. The fourth-order valence-electron chi connectivity index (χ4n) is 0.548. The van der Waals surface area contributed by atoms with Gasteiger partial charge in [0.25, 0.3) is 0 Å². The van der Waals surface area contributed by atoms with E-state index in [0.29, 0.717) is 0 Å². The van der Waals surface area contributed by atoms with E-state index in [2.05, 4.69) is 40.8 Å². The van der Waals surface area contributed by atoms with E-state index in [9.17, 15) is 0 Å². The third kappa shape index (κ3) is 6.63. The highest BCUT2D eigenvalue weighted by atomic mass is 15.3. The van der Waals surface area contributed by atoms with Gasteiger partial charge in [-0.05, 0) is 6.07 Å². The van der Waals surface area contributed by atoms with Crippen LogP contribution in [0.2, 0.25) is 0 Å². The summed E-state index contributed by atoms with van der Waals surface area (Å²) in [6, 6.07) is 1.83. The van der Waals surface area contributed by atoms with E-state index in [0.717, 1.165) is 0 Å². The first kappa shape index (κ1) is 10.6. The number of H-pyrrole nitrogens is 3. The zero-order valence-corrected chi connectivity index (χ0v) is 7.78. The monoisotopic (exact) mass is 206 g/mol. The molecule has 0 bridgehead atoms. The maximum atomic E-state index is 3.60. The van der Waals surface area contributed by atoms with E-state index >= 15 is 0 Å². The summed E-state index contributed by atoms with van der Waals surface area (Å²) in [6.07, 6.45) is 9.58. The molecule has 3 heterocycles. The molecule has 0 atom stereocenters. The predicted octanol–water partition coefficient (Wildman–Crippen LogP) is 0.0191. The van der Waals surface area contributed by atoms with Gasteiger partial charge in [-0.15, -0.1) is 0 Å². The summed E-state index contributed by atoms with van der Waals surface area (Å²) in [4.78, 5) is 3.56. The first-order chi connectivity index (χ1) is 7.50. The Hall–Kier alpha value is -2.51. The van der Waals surface area contributed by atoms with E-state index < -0.39 is 0 Å². The smallest absolute Gasteiger partial charge is 0.137 e. The highest BCUT2D eigenvalue weighted by molar-refractivity contribution is 4.72. The third-order valence-electron chi connectivity index (χ3n) is 1.07. The third-order valence-corrected chi connectivity index (χ3v) is 1.07. The van der Waals surface area contributed by atoms with Gasteiger partial charge in [0.15, 0.2) is 0 Å². The summed E-state index contributed by atoms with van der Waals surface area (Å²) in [6.45, 7) is 0. The van der Waals surface area contributed by atoms with Crippen molar-refractivity contribution in [2.24, 2.45) is 0 Å². The van der Waals surface area contributed by atoms with Crippen LogP contribution in [-0.4, -0.2) is 40.8 Å². The van der Waals surface area contributed by atoms with Crippen LogP contribution in [0.15, 0.2) is 43.5 Å². The summed E-state index contributed by atoms with van der Waals surface area (Å²) in [5.74, 6) is 0. The molecule has 8 heteroatoms. The Morgan fingerprint density at radius 3 is 1.87 bits per heavy atom. The summed E-state index contributed by atoms with van der Waals surface area (Å²) < 4.78 is 0. The molecular weight excluding hydrogens is 196 g/mol. The van der Waals surface area contributed by atoms with Gasteiger partial charge in [0.1, 0.15) is 12.7 Å². The Bertz CT molecular complexity index is 247. The number of rotatable bonds is 0. The van der Waals surface area contributed by atoms with Crippen LogP contribution in [0.5, 0.6) is 0 Å². The molecule has 3 rings (SSSR count). The van der Waals surface area contributed by atoms with Crippen molar-refractivity contribution in [1.29, 1.82) is 0 Å². The zero-order chi connectivity index (χ0) is 10.6. The number of hydrogen-bond acceptors (Lipinski definition) is 5. The number of nitrogens with one attached hydrogen (secondary N) is 3. The Labute approximate surface area is 85.2 Å². The highest BCUT2D eigenvalue weighted by Crippen LogP contribution is 1.64. The second-order valence-corrected chi connectivity index (χ2v) is 2.07. The van der Waals surface area contributed by atoms with Crippen molar-refractivity contribution in [3.63, 3.8) is 0 Å². The standard InChI is InChI=1S/C3H4N2.2C2H3N3/c1-2-4-5-3-1;1-3-2-5-4-1;1-2-4-5-3-1/h1-3H,(H,4,5);2*1-2H,(H,3,4,5). The van der Waals surface area contributed by atoms with Crippen LogP contribution in [0.4, 0.5) is 0 Å². The Kier molecular flexibility index (Phi) is 5.71. The lowest BCUT2D eigenvalue weighted by atomic mass is 10.8. The highest BCUT2D eigenvalue weighted by Gasteiger charge is 1.58. The van der Waals surface area contributed by atoms with Crippen LogP contribution >= 0.6 is 0 Å². The molecule has 3 N–H and O–H groups in total. The van der Waals surface area contributed by atoms with Crippen molar-refractivity contribution in [1.82, 2.24) is 40.8 Å². The molecule has 3 aromatic heterocycles. The van der Waals surface area contributed by atoms with Crippen molar-refractivity contribution in [2.75, 3.05) is 0 Å².